The second-order valence-corrected chi connectivity index (χ2v) is 9.47. The summed E-state index contributed by atoms with van der Waals surface area (Å²) in [6, 6.07) is 8.52. The fraction of sp³-hybridized carbons (Fsp3) is 0.474. The quantitative estimate of drug-likeness (QED) is 0.786. The number of benzene rings is 1. The van der Waals surface area contributed by atoms with Crippen LogP contribution in [0.1, 0.15) is 38.8 Å². The first kappa shape index (κ1) is 19.7. The Morgan fingerprint density at radius 3 is 2.85 bits per heavy atom. The summed E-state index contributed by atoms with van der Waals surface area (Å²) in [5, 5.41) is 4.11. The minimum Gasteiger partial charge on any atom is -0.598 e. The van der Waals surface area contributed by atoms with Gasteiger partial charge in [0.2, 0.25) is 0 Å². The largest absolute Gasteiger partial charge is 0.598 e. The van der Waals surface area contributed by atoms with E-state index in [0.29, 0.717) is 24.5 Å². The molecule has 0 aliphatic carbocycles. The molecule has 1 aliphatic rings. The van der Waals surface area contributed by atoms with Gasteiger partial charge in [0, 0.05) is 41.7 Å². The van der Waals surface area contributed by atoms with Crippen LogP contribution < -0.4 is 19.8 Å². The van der Waals surface area contributed by atoms with Gasteiger partial charge >= 0.3 is 0 Å². The van der Waals surface area contributed by atoms with Crippen LogP contribution >= 0.6 is 0 Å². The second-order valence-electron chi connectivity index (χ2n) is 7.47. The van der Waals surface area contributed by atoms with Gasteiger partial charge in [-0.1, -0.05) is 0 Å². The Hall–Kier alpha value is -2.03. The molecule has 8 heteroatoms. The predicted molar refractivity (Wildman–Crippen MR) is 104 cm³/mol. The molecule has 1 aromatic heterocycles. The molecule has 0 saturated heterocycles. The summed E-state index contributed by atoms with van der Waals surface area (Å²) < 4.78 is 28.3. The van der Waals surface area contributed by atoms with Crippen LogP contribution in [-0.2, 0) is 17.9 Å². The number of ether oxygens (including phenoxy) is 2. The average Bonchev–Trinajstić information content (AvgIpc) is 2.62. The van der Waals surface area contributed by atoms with Crippen LogP contribution in [-0.4, -0.2) is 32.3 Å². The molecule has 2 heterocycles. The summed E-state index contributed by atoms with van der Waals surface area (Å²) >= 11 is -1.24. The van der Waals surface area contributed by atoms with E-state index in [0.717, 1.165) is 5.56 Å². The molecule has 0 fully saturated rings. The molecular formula is C19H25N3O4S. The number of aromatic nitrogens is 2. The van der Waals surface area contributed by atoms with Crippen molar-refractivity contribution in [1.82, 2.24) is 14.5 Å². The molecule has 0 spiro atoms. The van der Waals surface area contributed by atoms with Crippen molar-refractivity contribution < 1.29 is 14.0 Å². The Balaban J connectivity index is 1.88. The maximum Gasteiger partial charge on any atom is 0.266 e. The number of nitrogens with one attached hydrogen (secondary N) is 1. The lowest BCUT2D eigenvalue weighted by atomic mass is 9.97. The smallest absolute Gasteiger partial charge is 0.266 e. The Bertz CT molecular complexity index is 849. The van der Waals surface area contributed by atoms with Gasteiger partial charge < -0.3 is 14.0 Å². The van der Waals surface area contributed by atoms with E-state index in [2.05, 4.69) is 9.82 Å². The zero-order chi connectivity index (χ0) is 19.6. The molecule has 146 valence electrons. The lowest BCUT2D eigenvalue weighted by molar-refractivity contribution is 0.131. The zero-order valence-corrected chi connectivity index (χ0v) is 16.8. The highest BCUT2D eigenvalue weighted by molar-refractivity contribution is 7.90. The van der Waals surface area contributed by atoms with Gasteiger partial charge in [0.1, 0.15) is 22.4 Å². The standard InChI is InChI=1S/C19H25N3O4S/c1-19(2,3)27(24)21-16-10-14(12-22-18(23)6-5-9-20-22)26-17-11-13(25-4)7-8-15(16)17/h5-9,11,14,16,21H,10,12H2,1-4H3/t14-,16-,27-/m0/s1. The second kappa shape index (κ2) is 7.92. The van der Waals surface area contributed by atoms with Crippen molar-refractivity contribution in [2.75, 3.05) is 7.11 Å². The fourth-order valence-electron chi connectivity index (χ4n) is 2.90. The van der Waals surface area contributed by atoms with Crippen LogP contribution in [0.4, 0.5) is 0 Å². The van der Waals surface area contributed by atoms with E-state index < -0.39 is 16.1 Å². The minimum atomic E-state index is -1.24. The van der Waals surface area contributed by atoms with Gasteiger partial charge in [0.05, 0.1) is 19.7 Å². The van der Waals surface area contributed by atoms with Crippen molar-refractivity contribution in [2.24, 2.45) is 0 Å². The molecule has 1 aliphatic heterocycles. The van der Waals surface area contributed by atoms with Crippen LogP contribution in [0, 0.1) is 0 Å². The molecule has 7 nitrogen and oxygen atoms in total. The number of rotatable bonds is 5. The molecule has 1 N–H and O–H groups in total. The summed E-state index contributed by atoms with van der Waals surface area (Å²) in [6.07, 6.45) is 1.86. The normalized spacial score (nSPS) is 20.5. The zero-order valence-electron chi connectivity index (χ0n) is 16.0. The first-order valence-electron chi connectivity index (χ1n) is 8.82. The van der Waals surface area contributed by atoms with Gasteiger partial charge in [0.25, 0.3) is 5.56 Å². The van der Waals surface area contributed by atoms with E-state index >= 15 is 0 Å². The molecule has 27 heavy (non-hydrogen) atoms. The van der Waals surface area contributed by atoms with Crippen molar-refractivity contribution in [3.8, 4) is 11.5 Å². The first-order valence-corrected chi connectivity index (χ1v) is 9.97. The topological polar surface area (TPSA) is 88.4 Å². The van der Waals surface area contributed by atoms with E-state index in [4.69, 9.17) is 9.47 Å². The average molecular weight is 391 g/mol. The highest BCUT2D eigenvalue weighted by Gasteiger charge is 2.35. The number of fused-ring (bicyclic) bond motifs is 1. The molecular weight excluding hydrogens is 366 g/mol. The highest BCUT2D eigenvalue weighted by Crippen LogP contribution is 2.38. The van der Waals surface area contributed by atoms with Crippen LogP contribution in [0.3, 0.4) is 0 Å². The molecule has 0 bridgehead atoms. The van der Waals surface area contributed by atoms with Crippen molar-refractivity contribution >= 4 is 11.4 Å². The lowest BCUT2D eigenvalue weighted by Gasteiger charge is -2.35. The summed E-state index contributed by atoms with van der Waals surface area (Å²) in [7, 11) is 1.60. The SMILES string of the molecule is COc1ccc2c(c1)O[C@H](Cn1ncccc1=O)C[C@@H]2N[S@@+]([O-])C(C)(C)C. The third kappa shape index (κ3) is 4.63. The monoisotopic (exact) mass is 391 g/mol. The highest BCUT2D eigenvalue weighted by atomic mass is 32.2. The third-order valence-corrected chi connectivity index (χ3v) is 5.97. The molecule has 3 rings (SSSR count). The van der Waals surface area contributed by atoms with E-state index in [1.54, 1.807) is 19.4 Å². The molecule has 0 radical (unpaired) electrons. The van der Waals surface area contributed by atoms with Gasteiger partial charge in [-0.05, 0) is 39.0 Å². The van der Waals surface area contributed by atoms with Crippen molar-refractivity contribution in [3.05, 3.63) is 52.4 Å². The van der Waals surface area contributed by atoms with E-state index in [-0.39, 0.29) is 17.7 Å². The van der Waals surface area contributed by atoms with E-state index in [9.17, 15) is 9.35 Å². The van der Waals surface area contributed by atoms with Crippen molar-refractivity contribution in [1.29, 1.82) is 0 Å². The Labute approximate surface area is 162 Å². The maximum atomic E-state index is 12.7. The van der Waals surface area contributed by atoms with E-state index in [1.165, 1.54) is 10.7 Å². The summed E-state index contributed by atoms with van der Waals surface area (Å²) in [5.41, 5.74) is 0.748. The van der Waals surface area contributed by atoms with Crippen LogP contribution in [0.2, 0.25) is 0 Å². The molecule has 2 aromatic rings. The van der Waals surface area contributed by atoms with Gasteiger partial charge in [0.15, 0.2) is 0 Å². The van der Waals surface area contributed by atoms with E-state index in [1.807, 2.05) is 39.0 Å². The number of nitrogens with zero attached hydrogens (tertiary/aromatic N) is 2. The van der Waals surface area contributed by atoms with Gasteiger partial charge in [-0.25, -0.2) is 4.68 Å². The summed E-state index contributed by atoms with van der Waals surface area (Å²) in [6.45, 7) is 6.09. The Morgan fingerprint density at radius 1 is 1.41 bits per heavy atom. The van der Waals surface area contributed by atoms with Crippen LogP contribution in [0.5, 0.6) is 11.5 Å². The molecule has 0 saturated carbocycles. The van der Waals surface area contributed by atoms with Gasteiger partial charge in [-0.2, -0.15) is 5.10 Å². The lowest BCUT2D eigenvalue weighted by Crippen LogP contribution is -2.44. The minimum absolute atomic E-state index is 0.163. The summed E-state index contributed by atoms with van der Waals surface area (Å²) in [5.74, 6) is 1.35. The number of hydrogen-bond acceptors (Lipinski definition) is 6. The van der Waals surface area contributed by atoms with Crippen LogP contribution in [0.15, 0.2) is 41.3 Å². The molecule has 1 aromatic carbocycles. The maximum absolute atomic E-state index is 12.7. The number of methoxy groups -OCH3 is 1. The predicted octanol–water partition coefficient (Wildman–Crippen LogP) is 2.20. The van der Waals surface area contributed by atoms with Gasteiger partial charge in [-0.15, -0.1) is 4.72 Å². The molecule has 0 unspecified atom stereocenters. The van der Waals surface area contributed by atoms with Crippen molar-refractivity contribution in [2.45, 2.75) is 50.6 Å². The first-order chi connectivity index (χ1) is 12.8. The summed E-state index contributed by atoms with van der Waals surface area (Å²) in [4.78, 5) is 12.0. The Kier molecular flexibility index (Phi) is 5.78. The molecule has 0 amide bonds. The van der Waals surface area contributed by atoms with Crippen LogP contribution in [0.25, 0.3) is 0 Å². The number of hydrogen-bond donors (Lipinski definition) is 1. The third-order valence-electron chi connectivity index (χ3n) is 4.36. The molecule has 3 atom stereocenters. The Morgan fingerprint density at radius 2 is 2.19 bits per heavy atom. The van der Waals surface area contributed by atoms with Crippen molar-refractivity contribution in [3.63, 3.8) is 0 Å². The fourth-order valence-corrected chi connectivity index (χ4v) is 3.73. The van der Waals surface area contributed by atoms with Gasteiger partial charge in [-0.3, -0.25) is 4.79 Å².